The molecular formula is C13H20N4O2S2. The van der Waals surface area contributed by atoms with Gasteiger partial charge in [-0.25, -0.2) is 13.1 Å². The molecule has 116 valence electrons. The molecule has 0 fully saturated rings. The van der Waals surface area contributed by atoms with Gasteiger partial charge in [-0.1, -0.05) is 0 Å². The van der Waals surface area contributed by atoms with Crippen LogP contribution in [0.2, 0.25) is 0 Å². The third-order valence-electron chi connectivity index (χ3n) is 3.45. The largest absolute Gasteiger partial charge is 0.381 e. The van der Waals surface area contributed by atoms with Gasteiger partial charge < -0.3 is 5.73 Å². The Balaban J connectivity index is 2.35. The Kier molecular flexibility index (Phi) is 4.14. The summed E-state index contributed by atoms with van der Waals surface area (Å²) in [5, 5.41) is 3.96. The Morgan fingerprint density at radius 3 is 2.43 bits per heavy atom. The third-order valence-corrected chi connectivity index (χ3v) is 6.14. The number of nitrogens with two attached hydrogens (primary N) is 1. The Bertz CT molecular complexity index is 774. The van der Waals surface area contributed by atoms with E-state index in [1.54, 1.807) is 25.3 Å². The number of hydrogen-bond acceptors (Lipinski definition) is 5. The van der Waals surface area contributed by atoms with E-state index < -0.39 is 10.0 Å². The highest BCUT2D eigenvalue weighted by Crippen LogP contribution is 2.28. The Labute approximate surface area is 129 Å². The van der Waals surface area contributed by atoms with E-state index in [1.165, 1.54) is 4.68 Å². The minimum absolute atomic E-state index is 0.0212. The molecule has 6 nitrogen and oxygen atoms in total. The second-order valence-electron chi connectivity index (χ2n) is 5.13. The van der Waals surface area contributed by atoms with Gasteiger partial charge in [0.15, 0.2) is 5.82 Å². The Morgan fingerprint density at radius 1 is 1.38 bits per heavy atom. The first-order chi connectivity index (χ1) is 9.63. The topological polar surface area (TPSA) is 90.0 Å². The fraction of sp³-hybridized carbons (Fsp3) is 0.462. The van der Waals surface area contributed by atoms with E-state index in [-0.39, 0.29) is 16.8 Å². The molecule has 1 unspecified atom stereocenters. The van der Waals surface area contributed by atoms with Gasteiger partial charge >= 0.3 is 0 Å². The molecule has 0 aromatic carbocycles. The lowest BCUT2D eigenvalue weighted by molar-refractivity contribution is 0.566. The van der Waals surface area contributed by atoms with Gasteiger partial charge in [-0.05, 0) is 39.3 Å². The number of sulfonamides is 1. The molecule has 0 spiro atoms. The third kappa shape index (κ3) is 2.97. The van der Waals surface area contributed by atoms with Crippen LogP contribution in [0.15, 0.2) is 11.0 Å². The van der Waals surface area contributed by atoms with Crippen LogP contribution in [0.5, 0.6) is 0 Å². The second kappa shape index (κ2) is 5.43. The van der Waals surface area contributed by atoms with Crippen LogP contribution in [-0.4, -0.2) is 18.2 Å². The van der Waals surface area contributed by atoms with Crippen LogP contribution in [0, 0.1) is 20.8 Å². The van der Waals surface area contributed by atoms with E-state index in [0.29, 0.717) is 5.69 Å². The number of nitrogens with one attached hydrogen (secondary N) is 1. The Morgan fingerprint density at radius 2 is 2.00 bits per heavy atom. The fourth-order valence-electron chi connectivity index (χ4n) is 2.38. The van der Waals surface area contributed by atoms with Gasteiger partial charge in [-0.2, -0.15) is 5.10 Å². The summed E-state index contributed by atoms with van der Waals surface area (Å²) < 4.78 is 29.2. The SMILES string of the molecule is Cc1cc(C(C)NS(=O)(=O)c2c(N)nn(C)c2C)c(C)s1. The molecule has 2 rings (SSSR count). The van der Waals surface area contributed by atoms with Crippen LogP contribution < -0.4 is 10.5 Å². The van der Waals surface area contributed by atoms with Crippen molar-refractivity contribution in [3.8, 4) is 0 Å². The van der Waals surface area contributed by atoms with Crippen LogP contribution in [0.1, 0.15) is 34.0 Å². The minimum Gasteiger partial charge on any atom is -0.381 e. The zero-order chi connectivity index (χ0) is 15.9. The summed E-state index contributed by atoms with van der Waals surface area (Å²) >= 11 is 1.65. The molecule has 0 amide bonds. The summed E-state index contributed by atoms with van der Waals surface area (Å²) in [4.78, 5) is 2.32. The maximum Gasteiger partial charge on any atom is 0.246 e. The van der Waals surface area contributed by atoms with Gasteiger partial charge in [-0.15, -0.1) is 11.3 Å². The van der Waals surface area contributed by atoms with Crippen LogP contribution in [0.4, 0.5) is 5.82 Å². The van der Waals surface area contributed by atoms with E-state index >= 15 is 0 Å². The number of thiophene rings is 1. The van der Waals surface area contributed by atoms with Crippen molar-refractivity contribution in [1.82, 2.24) is 14.5 Å². The number of aryl methyl sites for hydroxylation is 3. The average Bonchev–Trinajstić information content (AvgIpc) is 2.79. The van der Waals surface area contributed by atoms with Crippen LogP contribution in [-0.2, 0) is 17.1 Å². The van der Waals surface area contributed by atoms with Crippen LogP contribution in [0.25, 0.3) is 0 Å². The second-order valence-corrected chi connectivity index (χ2v) is 8.25. The van der Waals surface area contributed by atoms with Gasteiger partial charge in [0.25, 0.3) is 0 Å². The highest BCUT2D eigenvalue weighted by Gasteiger charge is 2.27. The average molecular weight is 328 g/mol. The summed E-state index contributed by atoms with van der Waals surface area (Å²) in [6.45, 7) is 7.50. The summed E-state index contributed by atoms with van der Waals surface area (Å²) in [6, 6.07) is 1.69. The summed E-state index contributed by atoms with van der Waals surface area (Å²) in [7, 11) is -2.04. The predicted octanol–water partition coefficient (Wildman–Crippen LogP) is 2.03. The first kappa shape index (κ1) is 16.0. The maximum absolute atomic E-state index is 12.5. The first-order valence-electron chi connectivity index (χ1n) is 6.51. The monoisotopic (exact) mass is 328 g/mol. The lowest BCUT2D eigenvalue weighted by Gasteiger charge is -2.14. The summed E-state index contributed by atoms with van der Waals surface area (Å²) in [5.74, 6) is 0.0212. The number of hydrogen-bond donors (Lipinski definition) is 2. The van der Waals surface area contributed by atoms with Crippen LogP contribution in [0.3, 0.4) is 0 Å². The van der Waals surface area contributed by atoms with Crippen molar-refractivity contribution in [3.05, 3.63) is 27.1 Å². The Hall–Kier alpha value is -1.38. The quantitative estimate of drug-likeness (QED) is 0.898. The maximum atomic E-state index is 12.5. The van der Waals surface area contributed by atoms with Gasteiger partial charge in [0.1, 0.15) is 4.90 Å². The number of nitrogens with zero attached hydrogens (tertiary/aromatic N) is 2. The molecule has 0 aliphatic carbocycles. The molecule has 0 radical (unpaired) electrons. The molecule has 0 aliphatic heterocycles. The minimum atomic E-state index is -3.71. The lowest BCUT2D eigenvalue weighted by atomic mass is 10.1. The standard InChI is InChI=1S/C13H20N4O2S2/c1-7-6-11(10(4)20-7)8(2)16-21(18,19)12-9(3)17(5)15-13(12)14/h6,8,16H,1-5H3,(H2,14,15). The van der Waals surface area contributed by atoms with Crippen molar-refractivity contribution in [1.29, 1.82) is 0 Å². The molecule has 0 saturated heterocycles. The number of anilines is 1. The van der Waals surface area contributed by atoms with E-state index in [2.05, 4.69) is 9.82 Å². The van der Waals surface area contributed by atoms with Gasteiger partial charge in [-0.3, -0.25) is 4.68 Å². The predicted molar refractivity (Wildman–Crippen MR) is 84.9 cm³/mol. The molecule has 3 N–H and O–H groups in total. The normalized spacial score (nSPS) is 13.6. The molecule has 8 heteroatoms. The fourth-order valence-corrected chi connectivity index (χ4v) is 4.95. The molecule has 2 aromatic rings. The van der Waals surface area contributed by atoms with E-state index in [1.807, 2.05) is 26.8 Å². The van der Waals surface area contributed by atoms with Crippen molar-refractivity contribution >= 4 is 27.2 Å². The molecule has 0 bridgehead atoms. The van der Waals surface area contributed by atoms with E-state index in [9.17, 15) is 8.42 Å². The summed E-state index contributed by atoms with van der Waals surface area (Å²) in [6.07, 6.45) is 0. The molecule has 0 saturated carbocycles. The number of rotatable bonds is 4. The van der Waals surface area contributed by atoms with Crippen molar-refractivity contribution in [2.45, 2.75) is 38.6 Å². The van der Waals surface area contributed by atoms with Gasteiger partial charge in [0.2, 0.25) is 10.0 Å². The van der Waals surface area contributed by atoms with Gasteiger partial charge in [0.05, 0.1) is 5.69 Å². The van der Waals surface area contributed by atoms with Crippen molar-refractivity contribution in [2.24, 2.45) is 7.05 Å². The van der Waals surface area contributed by atoms with Crippen LogP contribution >= 0.6 is 11.3 Å². The van der Waals surface area contributed by atoms with Crippen molar-refractivity contribution < 1.29 is 8.42 Å². The highest BCUT2D eigenvalue weighted by atomic mass is 32.2. The molecule has 2 heterocycles. The molecule has 2 aromatic heterocycles. The van der Waals surface area contributed by atoms with Crippen molar-refractivity contribution in [3.63, 3.8) is 0 Å². The molecular weight excluding hydrogens is 308 g/mol. The molecule has 1 atom stereocenters. The summed E-state index contributed by atoms with van der Waals surface area (Å²) in [5.41, 5.74) is 7.23. The zero-order valence-corrected chi connectivity index (χ0v) is 14.4. The van der Waals surface area contributed by atoms with Crippen molar-refractivity contribution in [2.75, 3.05) is 5.73 Å². The first-order valence-corrected chi connectivity index (χ1v) is 8.81. The molecule has 21 heavy (non-hydrogen) atoms. The number of nitrogen functional groups attached to an aromatic ring is 1. The van der Waals surface area contributed by atoms with E-state index in [0.717, 1.165) is 15.3 Å². The van der Waals surface area contributed by atoms with E-state index in [4.69, 9.17) is 5.73 Å². The number of aromatic nitrogens is 2. The smallest absolute Gasteiger partial charge is 0.246 e. The lowest BCUT2D eigenvalue weighted by Crippen LogP contribution is -2.28. The zero-order valence-electron chi connectivity index (χ0n) is 12.8. The molecule has 0 aliphatic rings. The van der Waals surface area contributed by atoms with Gasteiger partial charge in [0, 0.05) is 22.8 Å². The highest BCUT2D eigenvalue weighted by molar-refractivity contribution is 7.89.